The summed E-state index contributed by atoms with van der Waals surface area (Å²) in [5.74, 6) is 1.78. The first-order valence-corrected chi connectivity index (χ1v) is 6.94. The van der Waals surface area contributed by atoms with E-state index in [2.05, 4.69) is 10.4 Å². The molecule has 0 amide bonds. The summed E-state index contributed by atoms with van der Waals surface area (Å²) >= 11 is 0. The summed E-state index contributed by atoms with van der Waals surface area (Å²) in [6.07, 6.45) is -0.695. The SMILES string of the molecule is COc1ccc(C2CC(C(F)F)n3nccc3N2)cc1OC. The van der Waals surface area contributed by atoms with Gasteiger partial charge in [0, 0.05) is 6.07 Å². The zero-order valence-corrected chi connectivity index (χ0v) is 12.3. The number of alkyl halides is 2. The Hall–Kier alpha value is -2.31. The Morgan fingerprint density at radius 2 is 2.00 bits per heavy atom. The fraction of sp³-hybridized carbons (Fsp3) is 0.400. The molecule has 22 heavy (non-hydrogen) atoms. The number of hydrogen-bond donors (Lipinski definition) is 1. The van der Waals surface area contributed by atoms with E-state index < -0.39 is 12.5 Å². The van der Waals surface area contributed by atoms with Gasteiger partial charge in [0.1, 0.15) is 11.9 Å². The zero-order valence-electron chi connectivity index (χ0n) is 12.3. The fourth-order valence-corrected chi connectivity index (χ4v) is 2.77. The molecule has 0 saturated carbocycles. The summed E-state index contributed by atoms with van der Waals surface area (Å²) in [7, 11) is 3.11. The van der Waals surface area contributed by atoms with E-state index >= 15 is 0 Å². The normalized spacial score (nSPS) is 20.4. The van der Waals surface area contributed by atoms with Gasteiger partial charge in [0.25, 0.3) is 6.43 Å². The number of fused-ring (bicyclic) bond motifs is 1. The van der Waals surface area contributed by atoms with Crippen LogP contribution >= 0.6 is 0 Å². The van der Waals surface area contributed by atoms with Crippen LogP contribution in [0.3, 0.4) is 0 Å². The van der Waals surface area contributed by atoms with Crippen LogP contribution in [0.5, 0.6) is 11.5 Å². The lowest BCUT2D eigenvalue weighted by molar-refractivity contribution is 0.0658. The first kappa shape index (κ1) is 14.6. The summed E-state index contributed by atoms with van der Waals surface area (Å²) < 4.78 is 38.4. The molecule has 1 aliphatic rings. The molecule has 0 saturated heterocycles. The molecule has 5 nitrogen and oxygen atoms in total. The van der Waals surface area contributed by atoms with E-state index in [1.54, 1.807) is 26.4 Å². The third-order valence-corrected chi connectivity index (χ3v) is 3.88. The smallest absolute Gasteiger partial charge is 0.260 e. The highest BCUT2D eigenvalue weighted by Gasteiger charge is 2.33. The van der Waals surface area contributed by atoms with Crippen molar-refractivity contribution < 1.29 is 18.3 Å². The number of nitrogens with zero attached hydrogens (tertiary/aromatic N) is 2. The number of methoxy groups -OCH3 is 2. The van der Waals surface area contributed by atoms with E-state index in [1.807, 2.05) is 12.1 Å². The number of rotatable bonds is 4. The van der Waals surface area contributed by atoms with Crippen LogP contribution in [0.15, 0.2) is 30.5 Å². The van der Waals surface area contributed by atoms with Crippen molar-refractivity contribution in [2.75, 3.05) is 19.5 Å². The van der Waals surface area contributed by atoms with E-state index in [-0.39, 0.29) is 12.5 Å². The Balaban J connectivity index is 1.93. The van der Waals surface area contributed by atoms with Crippen LogP contribution in [0.2, 0.25) is 0 Å². The van der Waals surface area contributed by atoms with Crippen molar-refractivity contribution in [1.29, 1.82) is 0 Å². The van der Waals surface area contributed by atoms with Crippen LogP contribution in [-0.2, 0) is 0 Å². The molecule has 1 N–H and O–H groups in total. The molecule has 2 atom stereocenters. The lowest BCUT2D eigenvalue weighted by Crippen LogP contribution is -2.30. The minimum Gasteiger partial charge on any atom is -0.493 e. The topological polar surface area (TPSA) is 48.3 Å². The molecule has 7 heteroatoms. The number of nitrogens with one attached hydrogen (secondary N) is 1. The maximum Gasteiger partial charge on any atom is 0.260 e. The molecule has 118 valence electrons. The highest BCUT2D eigenvalue weighted by Crippen LogP contribution is 2.39. The molecular weight excluding hydrogens is 292 g/mol. The summed E-state index contributed by atoms with van der Waals surface area (Å²) in [5.41, 5.74) is 0.871. The maximum atomic E-state index is 13.3. The lowest BCUT2D eigenvalue weighted by atomic mass is 9.97. The lowest BCUT2D eigenvalue weighted by Gasteiger charge is -2.32. The van der Waals surface area contributed by atoms with Gasteiger partial charge in [-0.05, 0) is 24.1 Å². The van der Waals surface area contributed by atoms with E-state index in [1.165, 1.54) is 10.9 Å². The zero-order chi connectivity index (χ0) is 15.7. The Labute approximate surface area is 126 Å². The van der Waals surface area contributed by atoms with Crippen molar-refractivity contribution in [1.82, 2.24) is 9.78 Å². The first-order chi connectivity index (χ1) is 10.6. The highest BCUT2D eigenvalue weighted by atomic mass is 19.3. The van der Waals surface area contributed by atoms with E-state index in [9.17, 15) is 8.78 Å². The van der Waals surface area contributed by atoms with Gasteiger partial charge in [0.15, 0.2) is 11.5 Å². The van der Waals surface area contributed by atoms with Crippen molar-refractivity contribution in [3.05, 3.63) is 36.0 Å². The van der Waals surface area contributed by atoms with Gasteiger partial charge in [-0.3, -0.25) is 0 Å². The Kier molecular flexibility index (Phi) is 3.87. The number of ether oxygens (including phenoxy) is 2. The molecule has 0 fully saturated rings. The predicted molar refractivity (Wildman–Crippen MR) is 77.8 cm³/mol. The van der Waals surface area contributed by atoms with Crippen molar-refractivity contribution >= 4 is 5.82 Å². The van der Waals surface area contributed by atoms with Gasteiger partial charge in [0.05, 0.1) is 26.5 Å². The average molecular weight is 309 g/mol. The van der Waals surface area contributed by atoms with Crippen LogP contribution in [0.25, 0.3) is 0 Å². The Morgan fingerprint density at radius 1 is 1.23 bits per heavy atom. The minimum absolute atomic E-state index is 0.233. The molecule has 3 rings (SSSR count). The quantitative estimate of drug-likeness (QED) is 0.942. The fourth-order valence-electron chi connectivity index (χ4n) is 2.77. The van der Waals surface area contributed by atoms with Crippen LogP contribution in [0.4, 0.5) is 14.6 Å². The van der Waals surface area contributed by atoms with E-state index in [4.69, 9.17) is 9.47 Å². The summed E-state index contributed by atoms with van der Waals surface area (Å²) in [4.78, 5) is 0. The maximum absolute atomic E-state index is 13.3. The van der Waals surface area contributed by atoms with E-state index in [0.29, 0.717) is 17.3 Å². The van der Waals surface area contributed by atoms with Gasteiger partial charge < -0.3 is 14.8 Å². The van der Waals surface area contributed by atoms with Crippen LogP contribution in [0.1, 0.15) is 24.1 Å². The first-order valence-electron chi connectivity index (χ1n) is 6.94. The number of hydrogen-bond acceptors (Lipinski definition) is 4. The molecule has 1 aliphatic heterocycles. The molecule has 2 aromatic rings. The number of anilines is 1. The van der Waals surface area contributed by atoms with Gasteiger partial charge in [-0.1, -0.05) is 6.07 Å². The largest absolute Gasteiger partial charge is 0.493 e. The molecule has 2 heterocycles. The third kappa shape index (κ3) is 2.47. The monoisotopic (exact) mass is 309 g/mol. The minimum atomic E-state index is -2.47. The second-order valence-corrected chi connectivity index (χ2v) is 5.11. The van der Waals surface area contributed by atoms with Crippen LogP contribution in [-0.4, -0.2) is 30.4 Å². The van der Waals surface area contributed by atoms with Crippen molar-refractivity contribution in [2.24, 2.45) is 0 Å². The van der Waals surface area contributed by atoms with Crippen LogP contribution < -0.4 is 14.8 Å². The molecule has 1 aromatic heterocycles. The van der Waals surface area contributed by atoms with Crippen LogP contribution in [0, 0.1) is 0 Å². The van der Waals surface area contributed by atoms with Gasteiger partial charge >= 0.3 is 0 Å². The van der Waals surface area contributed by atoms with Gasteiger partial charge in [-0.15, -0.1) is 0 Å². The molecular formula is C15H17F2N3O2. The highest BCUT2D eigenvalue weighted by molar-refractivity contribution is 5.47. The Bertz CT molecular complexity index is 660. The second kappa shape index (κ2) is 5.82. The van der Waals surface area contributed by atoms with Gasteiger partial charge in [-0.25, -0.2) is 13.5 Å². The average Bonchev–Trinajstić information content (AvgIpc) is 3.01. The van der Waals surface area contributed by atoms with Gasteiger partial charge in [0.2, 0.25) is 0 Å². The molecule has 2 unspecified atom stereocenters. The molecule has 0 radical (unpaired) electrons. The second-order valence-electron chi connectivity index (χ2n) is 5.11. The number of aromatic nitrogens is 2. The number of halogens is 2. The standard InChI is InChI=1S/C15H17F2N3O2/c1-21-12-4-3-9(7-13(12)22-2)10-8-11(15(16)17)20-14(19-10)5-6-18-20/h3-7,10-11,15,19H,8H2,1-2H3. The molecule has 0 aliphatic carbocycles. The summed E-state index contributed by atoms with van der Waals surface area (Å²) in [6.45, 7) is 0. The summed E-state index contributed by atoms with van der Waals surface area (Å²) in [6, 6.07) is 5.97. The van der Waals surface area contributed by atoms with E-state index in [0.717, 1.165) is 5.56 Å². The third-order valence-electron chi connectivity index (χ3n) is 3.88. The van der Waals surface area contributed by atoms with Crippen molar-refractivity contribution in [3.8, 4) is 11.5 Å². The molecule has 0 bridgehead atoms. The molecule has 0 spiro atoms. The van der Waals surface area contributed by atoms with Gasteiger partial charge in [-0.2, -0.15) is 5.10 Å². The predicted octanol–water partition coefficient (Wildman–Crippen LogP) is 3.26. The van der Waals surface area contributed by atoms with Crippen molar-refractivity contribution in [3.63, 3.8) is 0 Å². The Morgan fingerprint density at radius 3 is 2.68 bits per heavy atom. The molecule has 1 aromatic carbocycles. The number of benzene rings is 1. The summed E-state index contributed by atoms with van der Waals surface area (Å²) in [5, 5.41) is 7.22. The van der Waals surface area contributed by atoms with Crippen molar-refractivity contribution in [2.45, 2.75) is 24.9 Å².